The van der Waals surface area contributed by atoms with Crippen molar-refractivity contribution in [3.05, 3.63) is 0 Å². The maximum absolute atomic E-state index is 12.6. The number of hydrogen-bond donors (Lipinski definition) is 3. The van der Waals surface area contributed by atoms with Crippen LogP contribution < -0.4 is 10.6 Å². The first-order valence-electron chi connectivity index (χ1n) is 7.88. The van der Waals surface area contributed by atoms with Crippen LogP contribution in [0.2, 0.25) is 0 Å². The molecule has 0 aromatic rings. The van der Waals surface area contributed by atoms with Crippen molar-refractivity contribution >= 4 is 23.8 Å². The highest BCUT2D eigenvalue weighted by molar-refractivity contribution is 6.10. The van der Waals surface area contributed by atoms with E-state index >= 15 is 0 Å². The number of amides is 4. The topological polar surface area (TPSA) is 116 Å². The molecule has 0 aromatic heterocycles. The van der Waals surface area contributed by atoms with Gasteiger partial charge in [0.25, 0.3) is 5.91 Å². The minimum absolute atomic E-state index is 0.312. The van der Waals surface area contributed by atoms with Crippen molar-refractivity contribution in [1.29, 1.82) is 0 Å². The number of imide groups is 1. The molecule has 2 aliphatic rings. The van der Waals surface area contributed by atoms with Crippen LogP contribution in [0.5, 0.6) is 0 Å². The maximum Gasteiger partial charge on any atom is 0.326 e. The Balaban J connectivity index is 2.11. The molecule has 0 radical (unpaired) electrons. The van der Waals surface area contributed by atoms with E-state index in [0.717, 1.165) is 17.7 Å². The standard InChI is InChI=1S/C15H23N3O5/c1-8(2)10(12(20)21)16-11(19)9(3)18-13(22)15(17-14(18)23)6-4-5-7-15/h8-10H,4-7H2,1-3H3,(H,16,19)(H,17,23)(H,20,21)/t9?,10-/m0/s1. The highest BCUT2D eigenvalue weighted by Crippen LogP contribution is 2.35. The van der Waals surface area contributed by atoms with Crippen molar-refractivity contribution in [2.45, 2.75) is 64.1 Å². The lowest BCUT2D eigenvalue weighted by molar-refractivity contribution is -0.144. The van der Waals surface area contributed by atoms with E-state index in [9.17, 15) is 19.2 Å². The second-order valence-electron chi connectivity index (χ2n) is 6.64. The van der Waals surface area contributed by atoms with Gasteiger partial charge in [0, 0.05) is 0 Å². The molecular weight excluding hydrogens is 302 g/mol. The maximum atomic E-state index is 12.6. The largest absolute Gasteiger partial charge is 0.480 e. The Bertz CT molecular complexity index is 539. The van der Waals surface area contributed by atoms with Crippen LogP contribution >= 0.6 is 0 Å². The summed E-state index contributed by atoms with van der Waals surface area (Å²) in [6.45, 7) is 4.77. The van der Waals surface area contributed by atoms with E-state index in [1.165, 1.54) is 6.92 Å². The van der Waals surface area contributed by atoms with Crippen LogP contribution in [0.1, 0.15) is 46.5 Å². The predicted molar refractivity (Wildman–Crippen MR) is 80.4 cm³/mol. The number of hydrogen-bond acceptors (Lipinski definition) is 4. The molecule has 8 nitrogen and oxygen atoms in total. The minimum atomic E-state index is -1.15. The second kappa shape index (κ2) is 6.17. The van der Waals surface area contributed by atoms with Gasteiger partial charge in [-0.1, -0.05) is 26.7 Å². The van der Waals surface area contributed by atoms with E-state index in [0.29, 0.717) is 12.8 Å². The van der Waals surface area contributed by atoms with E-state index in [4.69, 9.17) is 5.11 Å². The fraction of sp³-hybridized carbons (Fsp3) is 0.733. The Morgan fingerprint density at radius 3 is 2.26 bits per heavy atom. The molecule has 1 heterocycles. The number of nitrogens with one attached hydrogen (secondary N) is 2. The summed E-state index contributed by atoms with van der Waals surface area (Å²) in [7, 11) is 0. The molecule has 3 N–H and O–H groups in total. The quantitative estimate of drug-likeness (QED) is 0.635. The van der Waals surface area contributed by atoms with Crippen molar-refractivity contribution in [1.82, 2.24) is 15.5 Å². The molecule has 1 saturated heterocycles. The van der Waals surface area contributed by atoms with Gasteiger partial charge in [-0.2, -0.15) is 0 Å². The van der Waals surface area contributed by atoms with Gasteiger partial charge in [0.1, 0.15) is 17.6 Å². The summed E-state index contributed by atoms with van der Waals surface area (Å²) in [4.78, 5) is 49.1. The Hall–Kier alpha value is -2.12. The second-order valence-corrected chi connectivity index (χ2v) is 6.64. The summed E-state index contributed by atoms with van der Waals surface area (Å²) in [5.41, 5.74) is -0.879. The average Bonchev–Trinajstić information content (AvgIpc) is 3.01. The van der Waals surface area contributed by atoms with Crippen LogP contribution in [0, 0.1) is 5.92 Å². The van der Waals surface area contributed by atoms with E-state index in [1.807, 2.05) is 0 Å². The molecule has 2 rings (SSSR count). The van der Waals surface area contributed by atoms with Crippen molar-refractivity contribution < 1.29 is 24.3 Å². The summed E-state index contributed by atoms with van der Waals surface area (Å²) in [5, 5.41) is 14.2. The van der Waals surface area contributed by atoms with Crippen LogP contribution in [0.4, 0.5) is 4.79 Å². The molecule has 1 unspecified atom stereocenters. The zero-order valence-corrected chi connectivity index (χ0v) is 13.6. The third-order valence-corrected chi connectivity index (χ3v) is 4.65. The van der Waals surface area contributed by atoms with Gasteiger partial charge in [-0.05, 0) is 25.7 Å². The molecule has 2 atom stereocenters. The van der Waals surface area contributed by atoms with E-state index in [2.05, 4.69) is 10.6 Å². The lowest BCUT2D eigenvalue weighted by Crippen LogP contribution is -2.54. The molecule has 0 bridgehead atoms. The SMILES string of the molecule is CC(C)[C@H](NC(=O)C(C)N1C(=O)NC2(CCCC2)C1=O)C(=O)O. The molecule has 8 heteroatoms. The molecule has 2 fully saturated rings. The number of urea groups is 1. The van der Waals surface area contributed by atoms with Crippen molar-refractivity contribution in [2.24, 2.45) is 5.92 Å². The highest BCUT2D eigenvalue weighted by Gasteiger charge is 2.54. The summed E-state index contributed by atoms with van der Waals surface area (Å²) in [6, 6.07) is -2.70. The van der Waals surface area contributed by atoms with Gasteiger partial charge >= 0.3 is 12.0 Å². The van der Waals surface area contributed by atoms with Gasteiger partial charge in [0.2, 0.25) is 5.91 Å². The number of carbonyl (C=O) groups is 4. The normalized spacial score (nSPS) is 22.3. The molecule has 0 aromatic carbocycles. The van der Waals surface area contributed by atoms with E-state index < -0.39 is 35.5 Å². The van der Waals surface area contributed by atoms with Gasteiger partial charge < -0.3 is 15.7 Å². The predicted octanol–water partition coefficient (Wildman–Crippen LogP) is 0.465. The van der Waals surface area contributed by atoms with Gasteiger partial charge in [-0.15, -0.1) is 0 Å². The first-order chi connectivity index (χ1) is 10.7. The lowest BCUT2D eigenvalue weighted by atomic mass is 9.97. The van der Waals surface area contributed by atoms with Crippen LogP contribution in [0.15, 0.2) is 0 Å². The molecule has 4 amide bonds. The Kier molecular flexibility index (Phi) is 4.63. The van der Waals surface area contributed by atoms with Crippen molar-refractivity contribution in [3.63, 3.8) is 0 Å². The zero-order chi connectivity index (χ0) is 17.4. The molecule has 1 saturated carbocycles. The number of carbonyl (C=O) groups excluding carboxylic acids is 3. The third kappa shape index (κ3) is 3.02. The van der Waals surface area contributed by atoms with Crippen LogP contribution in [-0.4, -0.2) is 51.4 Å². The lowest BCUT2D eigenvalue weighted by Gasteiger charge is -2.25. The van der Waals surface area contributed by atoms with Gasteiger partial charge in [0.05, 0.1) is 0 Å². The van der Waals surface area contributed by atoms with Crippen LogP contribution in [-0.2, 0) is 14.4 Å². The van der Waals surface area contributed by atoms with Crippen LogP contribution in [0.25, 0.3) is 0 Å². The smallest absolute Gasteiger partial charge is 0.326 e. The van der Waals surface area contributed by atoms with E-state index in [-0.39, 0.29) is 11.8 Å². The summed E-state index contributed by atoms with van der Waals surface area (Å²) >= 11 is 0. The van der Waals surface area contributed by atoms with E-state index in [1.54, 1.807) is 13.8 Å². The van der Waals surface area contributed by atoms with Gasteiger partial charge in [0.15, 0.2) is 0 Å². The Morgan fingerprint density at radius 1 is 1.22 bits per heavy atom. The van der Waals surface area contributed by atoms with Gasteiger partial charge in [-0.25, -0.2) is 14.5 Å². The number of nitrogens with zero attached hydrogens (tertiary/aromatic N) is 1. The summed E-state index contributed by atoms with van der Waals surface area (Å²) < 4.78 is 0. The fourth-order valence-corrected chi connectivity index (χ4v) is 3.22. The monoisotopic (exact) mass is 325 g/mol. The number of rotatable bonds is 5. The van der Waals surface area contributed by atoms with Crippen molar-refractivity contribution in [3.8, 4) is 0 Å². The Morgan fingerprint density at radius 2 is 1.78 bits per heavy atom. The molecule has 23 heavy (non-hydrogen) atoms. The summed E-state index contributed by atoms with van der Waals surface area (Å²) in [6.07, 6.45) is 2.86. The minimum Gasteiger partial charge on any atom is -0.480 e. The number of carboxylic acid groups (broad SMARTS) is 1. The molecular formula is C15H23N3O5. The van der Waals surface area contributed by atoms with Crippen LogP contribution in [0.3, 0.4) is 0 Å². The summed E-state index contributed by atoms with van der Waals surface area (Å²) in [5.74, 6) is -2.50. The molecule has 128 valence electrons. The average molecular weight is 325 g/mol. The number of aliphatic carboxylic acids is 1. The molecule has 1 spiro atoms. The third-order valence-electron chi connectivity index (χ3n) is 4.65. The van der Waals surface area contributed by atoms with Crippen molar-refractivity contribution in [2.75, 3.05) is 0 Å². The molecule has 1 aliphatic heterocycles. The van der Waals surface area contributed by atoms with Gasteiger partial charge in [-0.3, -0.25) is 9.59 Å². The first-order valence-corrected chi connectivity index (χ1v) is 7.88. The first kappa shape index (κ1) is 17.2. The fourth-order valence-electron chi connectivity index (χ4n) is 3.22. The Labute approximate surface area is 134 Å². The number of carboxylic acids is 1. The molecule has 1 aliphatic carbocycles. The zero-order valence-electron chi connectivity index (χ0n) is 13.6. The highest BCUT2D eigenvalue weighted by atomic mass is 16.4.